The Morgan fingerprint density at radius 1 is 1.27 bits per heavy atom. The normalized spacial score (nSPS) is 9.53. The van der Waals surface area contributed by atoms with Gasteiger partial charge in [0.05, 0.1) is 0 Å². The first kappa shape index (κ1) is 11.8. The van der Waals surface area contributed by atoms with Gasteiger partial charge < -0.3 is 0 Å². The summed E-state index contributed by atoms with van der Waals surface area (Å²) in [6.07, 6.45) is 4.54. The lowest BCUT2D eigenvalue weighted by atomic mass is 10.1. The van der Waals surface area contributed by atoms with Crippen molar-refractivity contribution in [1.29, 1.82) is 0 Å². The highest BCUT2D eigenvalue weighted by Gasteiger charge is 1.95. The van der Waals surface area contributed by atoms with Gasteiger partial charge in [-0.3, -0.25) is 0 Å². The first-order valence-electron chi connectivity index (χ1n) is 5.49. The van der Waals surface area contributed by atoms with Crippen molar-refractivity contribution in [2.24, 2.45) is 0 Å². The zero-order valence-electron chi connectivity index (χ0n) is 9.44. The predicted molar refractivity (Wildman–Crippen MR) is 62.2 cm³/mol. The van der Waals surface area contributed by atoms with Crippen molar-refractivity contribution in [3.8, 4) is 11.8 Å². The van der Waals surface area contributed by atoms with Crippen LogP contribution in [0.25, 0.3) is 0 Å². The summed E-state index contributed by atoms with van der Waals surface area (Å²) in [5, 5.41) is 0. The number of benzene rings is 1. The molecule has 0 aliphatic heterocycles. The molecule has 0 amide bonds. The largest absolute Gasteiger partial charge is 0.207 e. The number of rotatable bonds is 3. The van der Waals surface area contributed by atoms with Crippen LogP contribution in [0.4, 0.5) is 4.39 Å². The molecule has 0 atom stereocenters. The van der Waals surface area contributed by atoms with Crippen LogP contribution in [-0.2, 0) is 0 Å². The van der Waals surface area contributed by atoms with Gasteiger partial charge in [0.1, 0.15) is 5.82 Å². The fourth-order valence-electron chi connectivity index (χ4n) is 1.39. The summed E-state index contributed by atoms with van der Waals surface area (Å²) in [6.45, 7) is 4.07. The van der Waals surface area contributed by atoms with Gasteiger partial charge in [0.2, 0.25) is 0 Å². The van der Waals surface area contributed by atoms with E-state index in [2.05, 4.69) is 18.8 Å². The minimum atomic E-state index is -0.191. The fraction of sp³-hybridized carbons (Fsp3) is 0.429. The lowest BCUT2D eigenvalue weighted by molar-refractivity contribution is 0.626. The summed E-state index contributed by atoms with van der Waals surface area (Å²) in [6, 6.07) is 4.73. The van der Waals surface area contributed by atoms with Crippen LogP contribution in [0.1, 0.15) is 43.7 Å². The Hall–Kier alpha value is -1.29. The Labute approximate surface area is 91.5 Å². The average molecular weight is 204 g/mol. The fourth-order valence-corrected chi connectivity index (χ4v) is 1.39. The summed E-state index contributed by atoms with van der Waals surface area (Å²) in [5.74, 6) is 6.02. The number of hydrogen-bond acceptors (Lipinski definition) is 0. The molecule has 0 saturated carbocycles. The summed E-state index contributed by atoms with van der Waals surface area (Å²) in [5.41, 5.74) is 1.85. The van der Waals surface area contributed by atoms with Gasteiger partial charge in [0.25, 0.3) is 0 Å². The van der Waals surface area contributed by atoms with E-state index in [1.165, 1.54) is 25.0 Å². The Balaban J connectivity index is 2.56. The molecule has 0 unspecified atom stereocenters. The Morgan fingerprint density at radius 3 is 2.73 bits per heavy atom. The van der Waals surface area contributed by atoms with Crippen LogP contribution in [0.5, 0.6) is 0 Å². The second-order valence-corrected chi connectivity index (χ2v) is 3.72. The van der Waals surface area contributed by atoms with E-state index >= 15 is 0 Å². The maximum atomic E-state index is 12.8. The van der Waals surface area contributed by atoms with Crippen molar-refractivity contribution in [3.63, 3.8) is 0 Å². The Kier molecular flexibility index (Phi) is 4.90. The van der Waals surface area contributed by atoms with Crippen molar-refractivity contribution in [1.82, 2.24) is 0 Å². The Morgan fingerprint density at radius 2 is 2.07 bits per heavy atom. The van der Waals surface area contributed by atoms with E-state index in [-0.39, 0.29) is 5.82 Å². The second kappa shape index (κ2) is 6.24. The first-order chi connectivity index (χ1) is 7.24. The molecule has 0 N–H and O–H groups in total. The van der Waals surface area contributed by atoms with E-state index in [1.54, 1.807) is 6.07 Å². The van der Waals surface area contributed by atoms with Crippen molar-refractivity contribution >= 4 is 0 Å². The van der Waals surface area contributed by atoms with E-state index in [0.717, 1.165) is 24.0 Å². The molecular formula is C14H17F. The van der Waals surface area contributed by atoms with E-state index in [0.29, 0.717) is 0 Å². The molecule has 0 bridgehead atoms. The lowest BCUT2D eigenvalue weighted by Crippen LogP contribution is -1.83. The molecule has 0 aromatic heterocycles. The van der Waals surface area contributed by atoms with Crippen molar-refractivity contribution < 1.29 is 4.39 Å². The lowest BCUT2D eigenvalue weighted by Gasteiger charge is -1.96. The highest BCUT2D eigenvalue weighted by Crippen LogP contribution is 2.08. The molecule has 0 spiro atoms. The van der Waals surface area contributed by atoms with E-state index in [4.69, 9.17) is 0 Å². The molecular weight excluding hydrogens is 187 g/mol. The van der Waals surface area contributed by atoms with Gasteiger partial charge in [-0.05, 0) is 37.1 Å². The molecule has 1 heteroatoms. The zero-order chi connectivity index (χ0) is 11.1. The van der Waals surface area contributed by atoms with Gasteiger partial charge in [0, 0.05) is 12.0 Å². The summed E-state index contributed by atoms with van der Waals surface area (Å²) < 4.78 is 12.8. The van der Waals surface area contributed by atoms with Gasteiger partial charge in [-0.1, -0.05) is 31.6 Å². The topological polar surface area (TPSA) is 0 Å². The third-order valence-electron chi connectivity index (χ3n) is 2.32. The number of halogens is 1. The third-order valence-corrected chi connectivity index (χ3v) is 2.32. The smallest absolute Gasteiger partial charge is 0.123 e. The molecule has 0 fully saturated rings. The highest BCUT2D eigenvalue weighted by molar-refractivity contribution is 5.40. The van der Waals surface area contributed by atoms with Crippen molar-refractivity contribution in [2.45, 2.75) is 39.5 Å². The Bertz CT molecular complexity index is 369. The minimum absolute atomic E-state index is 0.191. The SMILES string of the molecule is CCCCCC#Cc1ccc(F)cc1C. The molecule has 0 saturated heterocycles. The standard InChI is InChI=1S/C14H17F/c1-3-4-5-6-7-8-13-9-10-14(15)11-12(13)2/h9-11H,3-6H2,1-2H3. The quantitative estimate of drug-likeness (QED) is 0.514. The molecule has 0 radical (unpaired) electrons. The highest BCUT2D eigenvalue weighted by atomic mass is 19.1. The van der Waals surface area contributed by atoms with Crippen LogP contribution in [0.3, 0.4) is 0 Å². The van der Waals surface area contributed by atoms with Crippen molar-refractivity contribution in [2.75, 3.05) is 0 Å². The molecule has 0 nitrogen and oxygen atoms in total. The van der Waals surface area contributed by atoms with Crippen LogP contribution in [0.15, 0.2) is 18.2 Å². The minimum Gasteiger partial charge on any atom is -0.207 e. The predicted octanol–water partition coefficient (Wildman–Crippen LogP) is 4.07. The van der Waals surface area contributed by atoms with Crippen LogP contribution in [0, 0.1) is 24.6 Å². The third kappa shape index (κ3) is 4.16. The van der Waals surface area contributed by atoms with Crippen molar-refractivity contribution in [3.05, 3.63) is 35.1 Å². The van der Waals surface area contributed by atoms with Crippen LogP contribution in [-0.4, -0.2) is 0 Å². The summed E-state index contributed by atoms with van der Waals surface area (Å²) in [7, 11) is 0. The monoisotopic (exact) mass is 204 g/mol. The molecule has 0 aliphatic carbocycles. The van der Waals surface area contributed by atoms with Gasteiger partial charge in [0.15, 0.2) is 0 Å². The van der Waals surface area contributed by atoms with Crippen LogP contribution < -0.4 is 0 Å². The second-order valence-electron chi connectivity index (χ2n) is 3.72. The summed E-state index contributed by atoms with van der Waals surface area (Å²) >= 11 is 0. The van der Waals surface area contributed by atoms with Crippen LogP contribution in [0.2, 0.25) is 0 Å². The zero-order valence-corrected chi connectivity index (χ0v) is 9.44. The molecule has 1 aromatic rings. The molecule has 0 heterocycles. The van der Waals surface area contributed by atoms with E-state index < -0.39 is 0 Å². The number of unbranched alkanes of at least 4 members (excludes halogenated alkanes) is 3. The van der Waals surface area contributed by atoms with Gasteiger partial charge in [-0.25, -0.2) is 4.39 Å². The van der Waals surface area contributed by atoms with Gasteiger partial charge in [-0.15, -0.1) is 0 Å². The van der Waals surface area contributed by atoms with Gasteiger partial charge in [-0.2, -0.15) is 0 Å². The molecule has 15 heavy (non-hydrogen) atoms. The maximum Gasteiger partial charge on any atom is 0.123 e. The van der Waals surface area contributed by atoms with E-state index in [1.807, 2.05) is 6.92 Å². The van der Waals surface area contributed by atoms with E-state index in [9.17, 15) is 4.39 Å². The molecule has 1 rings (SSSR count). The molecule has 1 aromatic carbocycles. The average Bonchev–Trinajstić information content (AvgIpc) is 2.20. The molecule has 0 aliphatic rings. The number of hydrogen-bond donors (Lipinski definition) is 0. The summed E-state index contributed by atoms with van der Waals surface area (Å²) in [4.78, 5) is 0. The first-order valence-corrected chi connectivity index (χ1v) is 5.49. The number of aryl methyl sites for hydroxylation is 1. The molecule has 80 valence electrons. The maximum absolute atomic E-state index is 12.8. The van der Waals surface area contributed by atoms with Gasteiger partial charge >= 0.3 is 0 Å². The van der Waals surface area contributed by atoms with Crippen LogP contribution >= 0.6 is 0 Å².